The number of nitrogens with two attached hydrogens (primary N) is 1. The SMILES string of the molecule is CSCC[C@H](NC(=O)[C@H](CCC(=O)O)NC(=O)[C@@H](N)CC(=O)O)C(=O)N[C@@H](CCC(=O)O)C(=O)N[C@@H](CCC(=O)O)C(=O)NCCS. The van der Waals surface area contributed by atoms with Gasteiger partial charge in [0.05, 0.1) is 12.5 Å². The molecule has 0 rings (SSSR count). The molecule has 0 aromatic rings. The lowest BCUT2D eigenvalue weighted by Crippen LogP contribution is -2.59. The normalized spacial score (nSPS) is 13.9. The van der Waals surface area contributed by atoms with Gasteiger partial charge in [0.25, 0.3) is 0 Å². The molecule has 0 spiro atoms. The first-order valence-corrected chi connectivity index (χ1v) is 16.3. The van der Waals surface area contributed by atoms with Crippen molar-refractivity contribution < 1.29 is 63.6 Å². The molecule has 11 N–H and O–H groups in total. The summed E-state index contributed by atoms with van der Waals surface area (Å²) in [4.78, 5) is 109. The third kappa shape index (κ3) is 19.2. The van der Waals surface area contributed by atoms with Crippen LogP contribution in [0.4, 0.5) is 0 Å². The van der Waals surface area contributed by atoms with E-state index < -0.39 is 122 Å². The summed E-state index contributed by atoms with van der Waals surface area (Å²) in [6, 6.07) is -7.45. The summed E-state index contributed by atoms with van der Waals surface area (Å²) < 4.78 is 0. The number of carbonyl (C=O) groups is 9. The average molecular weight is 711 g/mol. The molecule has 0 radical (unpaired) electrons. The largest absolute Gasteiger partial charge is 0.481 e. The van der Waals surface area contributed by atoms with Crippen molar-refractivity contribution in [3.63, 3.8) is 0 Å². The predicted octanol–water partition coefficient (Wildman–Crippen LogP) is -2.88. The molecule has 0 unspecified atom stereocenters. The van der Waals surface area contributed by atoms with Gasteiger partial charge in [-0.25, -0.2) is 0 Å². The Morgan fingerprint density at radius 2 is 0.957 bits per heavy atom. The number of carboxylic acids is 4. The molecule has 0 aromatic carbocycles. The molecule has 0 heterocycles. The lowest BCUT2D eigenvalue weighted by molar-refractivity contribution is -0.140. The third-order valence-electron chi connectivity index (χ3n) is 6.23. The summed E-state index contributed by atoms with van der Waals surface area (Å²) in [6.07, 6.45) is -2.10. The lowest BCUT2D eigenvalue weighted by atomic mass is 10.1. The van der Waals surface area contributed by atoms with Gasteiger partial charge in [-0.15, -0.1) is 0 Å². The maximum atomic E-state index is 13.4. The molecule has 19 nitrogen and oxygen atoms in total. The molecule has 21 heteroatoms. The Balaban J connectivity index is 6.08. The molecule has 5 amide bonds. The highest BCUT2D eigenvalue weighted by molar-refractivity contribution is 7.98. The van der Waals surface area contributed by atoms with E-state index in [0.717, 1.165) is 0 Å². The minimum absolute atomic E-state index is 0.0441. The summed E-state index contributed by atoms with van der Waals surface area (Å²) >= 11 is 5.24. The molecule has 0 aliphatic rings. The fraction of sp³-hybridized carbons (Fsp3) is 0.654. The third-order valence-corrected chi connectivity index (χ3v) is 7.09. The lowest BCUT2D eigenvalue weighted by Gasteiger charge is -2.26. The first-order valence-electron chi connectivity index (χ1n) is 14.2. The summed E-state index contributed by atoms with van der Waals surface area (Å²) in [7, 11) is 0. The molecular formula is C26H42N6O13S2. The Labute approximate surface area is 279 Å². The van der Waals surface area contributed by atoms with Crippen LogP contribution >= 0.6 is 24.4 Å². The van der Waals surface area contributed by atoms with Gasteiger partial charge >= 0.3 is 23.9 Å². The first kappa shape index (κ1) is 42.9. The molecule has 0 saturated heterocycles. The number of aliphatic carboxylic acids is 4. The first-order chi connectivity index (χ1) is 22.0. The number of thiol groups is 1. The molecule has 0 bridgehead atoms. The van der Waals surface area contributed by atoms with Gasteiger partial charge in [-0.3, -0.25) is 43.2 Å². The van der Waals surface area contributed by atoms with Crippen molar-refractivity contribution >= 4 is 77.8 Å². The number of amides is 5. The smallest absolute Gasteiger partial charge is 0.305 e. The fourth-order valence-electron chi connectivity index (χ4n) is 3.79. The second-order valence-electron chi connectivity index (χ2n) is 10.0. The summed E-state index contributed by atoms with van der Waals surface area (Å²) in [5.74, 6) is -9.58. The van der Waals surface area contributed by atoms with Gasteiger partial charge in [0.1, 0.15) is 24.2 Å². The van der Waals surface area contributed by atoms with Crippen molar-refractivity contribution in [1.82, 2.24) is 26.6 Å². The van der Waals surface area contributed by atoms with Crippen LogP contribution in [0.25, 0.3) is 0 Å². The van der Waals surface area contributed by atoms with Gasteiger partial charge < -0.3 is 52.7 Å². The van der Waals surface area contributed by atoms with Gasteiger partial charge in [0.15, 0.2) is 0 Å². The molecule has 0 saturated carbocycles. The van der Waals surface area contributed by atoms with E-state index in [9.17, 15) is 48.3 Å². The molecule has 0 aliphatic carbocycles. The number of hydrogen-bond acceptors (Lipinski definition) is 12. The number of hydrogen-bond donors (Lipinski definition) is 11. The maximum absolute atomic E-state index is 13.4. The molecule has 0 fully saturated rings. The second kappa shape index (κ2) is 23.2. The van der Waals surface area contributed by atoms with Crippen molar-refractivity contribution in [3.05, 3.63) is 0 Å². The van der Waals surface area contributed by atoms with Gasteiger partial charge in [-0.1, -0.05) is 0 Å². The summed E-state index contributed by atoms with van der Waals surface area (Å²) in [5.41, 5.74) is 5.54. The van der Waals surface area contributed by atoms with Crippen LogP contribution in [-0.2, 0) is 43.2 Å². The van der Waals surface area contributed by atoms with Crippen molar-refractivity contribution in [1.29, 1.82) is 0 Å². The Hall–Kier alpha value is -4.11. The Morgan fingerprint density at radius 3 is 1.30 bits per heavy atom. The van der Waals surface area contributed by atoms with Gasteiger partial charge in [0, 0.05) is 31.6 Å². The highest BCUT2D eigenvalue weighted by Gasteiger charge is 2.32. The van der Waals surface area contributed by atoms with E-state index in [1.807, 2.05) is 0 Å². The van der Waals surface area contributed by atoms with Crippen molar-refractivity contribution in [2.75, 3.05) is 24.3 Å². The number of carbonyl (C=O) groups excluding carboxylic acids is 5. The standard InChI is InChI=1S/C26H42N6O13S2/c1-47-11-8-17(32-24(43)15(3-6-19(35)36)29-22(41)13(27)12-21(39)40)26(45)31-16(4-7-20(37)38)25(44)30-14(2-5-18(33)34)23(42)28-9-10-46/h13-17,46H,2-12,27H2,1H3,(H,28,42)(H,29,41)(H,30,44)(H,31,45)(H,32,43)(H,33,34)(H,35,36)(H,37,38)(H,39,40)/t13-,14-,15-,16-,17-/m0/s1. The molecule has 0 aliphatic heterocycles. The van der Waals surface area contributed by atoms with Crippen LogP contribution in [0.5, 0.6) is 0 Å². The second-order valence-corrected chi connectivity index (χ2v) is 11.5. The van der Waals surface area contributed by atoms with E-state index in [2.05, 4.69) is 39.2 Å². The summed E-state index contributed by atoms with van der Waals surface area (Å²) in [6.45, 7) is 0.0940. The number of carboxylic acid groups (broad SMARTS) is 4. The minimum atomic E-state index is -1.57. The van der Waals surface area contributed by atoms with Crippen LogP contribution in [0.3, 0.4) is 0 Å². The highest BCUT2D eigenvalue weighted by atomic mass is 32.2. The van der Waals surface area contributed by atoms with Crippen LogP contribution in [0, 0.1) is 0 Å². The Morgan fingerprint density at radius 1 is 0.596 bits per heavy atom. The minimum Gasteiger partial charge on any atom is -0.481 e. The Bertz CT molecular complexity index is 1140. The topological polar surface area (TPSA) is 321 Å². The van der Waals surface area contributed by atoms with Crippen LogP contribution in [0.2, 0.25) is 0 Å². The summed E-state index contributed by atoms with van der Waals surface area (Å²) in [5, 5.41) is 47.9. The van der Waals surface area contributed by atoms with E-state index in [1.165, 1.54) is 11.8 Å². The zero-order valence-corrected chi connectivity index (χ0v) is 27.3. The van der Waals surface area contributed by atoms with E-state index in [4.69, 9.17) is 21.1 Å². The van der Waals surface area contributed by atoms with E-state index in [0.29, 0.717) is 0 Å². The Kier molecular flexibility index (Phi) is 21.2. The van der Waals surface area contributed by atoms with E-state index >= 15 is 0 Å². The number of nitrogens with one attached hydrogen (secondary N) is 5. The highest BCUT2D eigenvalue weighted by Crippen LogP contribution is 2.08. The quantitative estimate of drug-likeness (QED) is 0.0424. The predicted molar refractivity (Wildman–Crippen MR) is 168 cm³/mol. The van der Waals surface area contributed by atoms with Crippen molar-refractivity contribution in [2.24, 2.45) is 5.73 Å². The van der Waals surface area contributed by atoms with Crippen LogP contribution in [0.1, 0.15) is 51.4 Å². The van der Waals surface area contributed by atoms with Crippen molar-refractivity contribution in [3.8, 4) is 0 Å². The fourth-order valence-corrected chi connectivity index (χ4v) is 4.38. The molecule has 266 valence electrons. The van der Waals surface area contributed by atoms with Crippen LogP contribution in [0.15, 0.2) is 0 Å². The van der Waals surface area contributed by atoms with Crippen molar-refractivity contribution in [2.45, 2.75) is 81.6 Å². The number of thioether (sulfide) groups is 1. The van der Waals surface area contributed by atoms with E-state index in [-0.39, 0.29) is 30.9 Å². The van der Waals surface area contributed by atoms with Crippen LogP contribution < -0.4 is 32.3 Å². The average Bonchev–Trinajstić information content (AvgIpc) is 2.98. The molecule has 0 aromatic heterocycles. The van der Waals surface area contributed by atoms with Gasteiger partial charge in [-0.05, 0) is 37.7 Å². The molecular weight excluding hydrogens is 668 g/mol. The maximum Gasteiger partial charge on any atom is 0.305 e. The monoisotopic (exact) mass is 710 g/mol. The molecule has 5 atom stereocenters. The van der Waals surface area contributed by atoms with E-state index in [1.54, 1.807) is 6.26 Å². The number of rotatable bonds is 25. The molecule has 47 heavy (non-hydrogen) atoms. The van der Waals surface area contributed by atoms with Gasteiger partial charge in [0.2, 0.25) is 29.5 Å². The van der Waals surface area contributed by atoms with Crippen LogP contribution in [-0.4, -0.2) is 128 Å². The zero-order chi connectivity index (χ0) is 36.1. The zero-order valence-electron chi connectivity index (χ0n) is 25.6. The van der Waals surface area contributed by atoms with Gasteiger partial charge in [-0.2, -0.15) is 24.4 Å².